The number of hydrazine groups is 1. The van der Waals surface area contributed by atoms with Gasteiger partial charge in [-0.15, -0.1) is 0 Å². The predicted octanol–water partition coefficient (Wildman–Crippen LogP) is 2.73. The minimum absolute atomic E-state index is 0.108. The molecule has 25 heavy (non-hydrogen) atoms. The van der Waals surface area contributed by atoms with E-state index < -0.39 is 6.23 Å². The number of ether oxygens (including phenoxy) is 1. The summed E-state index contributed by atoms with van der Waals surface area (Å²) in [6.07, 6.45) is 1.05. The summed E-state index contributed by atoms with van der Waals surface area (Å²) >= 11 is 0. The second-order valence-corrected chi connectivity index (χ2v) is 6.57. The standard InChI is InChI=1S/C20H22N2O3/c23-19-17-10-4-5-11-18(17)20(24)22(19)21-12-6-9-16(21)14-25-13-15-7-2-1-3-8-15/h1-5,7-8,10-11,16,19,23H,6,9,12-14H2/t16-,19?/m0/s1. The fourth-order valence-corrected chi connectivity index (χ4v) is 3.70. The Labute approximate surface area is 147 Å². The molecule has 2 aliphatic heterocycles. The van der Waals surface area contributed by atoms with Crippen molar-refractivity contribution in [2.24, 2.45) is 0 Å². The van der Waals surface area contributed by atoms with Gasteiger partial charge in [-0.05, 0) is 24.5 Å². The van der Waals surface area contributed by atoms with E-state index in [0.29, 0.717) is 24.3 Å². The SMILES string of the molecule is O=C1c2ccccc2C(O)N1N1CCC[C@H]1COCc1ccccc1. The first kappa shape index (κ1) is 16.3. The Hall–Kier alpha value is -2.21. The highest BCUT2D eigenvalue weighted by Crippen LogP contribution is 2.35. The number of amides is 1. The lowest BCUT2D eigenvalue weighted by Gasteiger charge is -2.35. The van der Waals surface area contributed by atoms with E-state index in [2.05, 4.69) is 0 Å². The van der Waals surface area contributed by atoms with Crippen LogP contribution in [0.2, 0.25) is 0 Å². The zero-order valence-corrected chi connectivity index (χ0v) is 14.0. The molecule has 130 valence electrons. The fraction of sp³-hybridized carbons (Fsp3) is 0.350. The topological polar surface area (TPSA) is 53.0 Å². The molecule has 2 atom stereocenters. The monoisotopic (exact) mass is 338 g/mol. The highest BCUT2D eigenvalue weighted by molar-refractivity contribution is 5.98. The summed E-state index contributed by atoms with van der Waals surface area (Å²) in [6, 6.07) is 17.4. The number of rotatable bonds is 5. The Bertz CT molecular complexity index is 750. The van der Waals surface area contributed by atoms with Gasteiger partial charge < -0.3 is 9.84 Å². The van der Waals surface area contributed by atoms with Crippen LogP contribution in [0.15, 0.2) is 54.6 Å². The Morgan fingerprint density at radius 1 is 1.08 bits per heavy atom. The second kappa shape index (κ2) is 6.96. The van der Waals surface area contributed by atoms with Crippen molar-refractivity contribution in [3.63, 3.8) is 0 Å². The Morgan fingerprint density at radius 2 is 1.84 bits per heavy atom. The van der Waals surface area contributed by atoms with Crippen LogP contribution in [0.1, 0.15) is 40.6 Å². The van der Waals surface area contributed by atoms with Gasteiger partial charge in [0.15, 0.2) is 6.23 Å². The number of hydrogen-bond acceptors (Lipinski definition) is 4. The van der Waals surface area contributed by atoms with Crippen molar-refractivity contribution < 1.29 is 14.6 Å². The third kappa shape index (κ3) is 3.06. The van der Waals surface area contributed by atoms with Crippen molar-refractivity contribution in [1.82, 2.24) is 10.0 Å². The van der Waals surface area contributed by atoms with Gasteiger partial charge in [0.05, 0.1) is 19.3 Å². The molecule has 1 N–H and O–H groups in total. The third-order valence-corrected chi connectivity index (χ3v) is 4.95. The lowest BCUT2D eigenvalue weighted by atomic mass is 10.1. The second-order valence-electron chi connectivity index (χ2n) is 6.57. The van der Waals surface area contributed by atoms with Crippen molar-refractivity contribution in [2.45, 2.75) is 31.7 Å². The molecule has 0 radical (unpaired) electrons. The summed E-state index contributed by atoms with van der Waals surface area (Å²) in [6.45, 7) is 1.86. The van der Waals surface area contributed by atoms with Gasteiger partial charge >= 0.3 is 0 Å². The van der Waals surface area contributed by atoms with Crippen LogP contribution in [-0.2, 0) is 11.3 Å². The molecule has 5 heteroatoms. The van der Waals surface area contributed by atoms with Crippen LogP contribution in [0.5, 0.6) is 0 Å². The number of fused-ring (bicyclic) bond motifs is 1. The maximum Gasteiger partial charge on any atom is 0.271 e. The van der Waals surface area contributed by atoms with Crippen LogP contribution in [0, 0.1) is 0 Å². The number of aliphatic hydroxyl groups is 1. The van der Waals surface area contributed by atoms with Gasteiger partial charge in [0.25, 0.3) is 5.91 Å². The van der Waals surface area contributed by atoms with Gasteiger partial charge in [-0.25, -0.2) is 10.0 Å². The molecular formula is C20H22N2O3. The number of carbonyl (C=O) groups is 1. The average molecular weight is 338 g/mol. The summed E-state index contributed by atoms with van der Waals surface area (Å²) < 4.78 is 5.88. The summed E-state index contributed by atoms with van der Waals surface area (Å²) in [5.74, 6) is -0.127. The van der Waals surface area contributed by atoms with Crippen LogP contribution in [-0.4, -0.2) is 40.2 Å². The lowest BCUT2D eigenvalue weighted by Crippen LogP contribution is -2.49. The minimum Gasteiger partial charge on any atom is -0.375 e. The molecule has 0 aliphatic carbocycles. The van der Waals surface area contributed by atoms with E-state index in [1.165, 1.54) is 5.01 Å². The molecule has 2 aliphatic rings. The van der Waals surface area contributed by atoms with Crippen LogP contribution in [0.4, 0.5) is 0 Å². The number of benzene rings is 2. The molecule has 0 aromatic heterocycles. The molecule has 4 rings (SSSR count). The van der Waals surface area contributed by atoms with E-state index in [4.69, 9.17) is 4.74 Å². The minimum atomic E-state index is -0.904. The smallest absolute Gasteiger partial charge is 0.271 e. The first-order valence-electron chi connectivity index (χ1n) is 8.74. The van der Waals surface area contributed by atoms with Crippen LogP contribution >= 0.6 is 0 Å². The molecule has 1 saturated heterocycles. The first-order valence-corrected chi connectivity index (χ1v) is 8.74. The molecular weight excluding hydrogens is 316 g/mol. The summed E-state index contributed by atoms with van der Waals surface area (Å²) in [5.41, 5.74) is 2.41. The first-order chi connectivity index (χ1) is 12.3. The average Bonchev–Trinajstić information content (AvgIpc) is 3.19. The van der Waals surface area contributed by atoms with Crippen LogP contribution in [0.25, 0.3) is 0 Å². The zero-order valence-electron chi connectivity index (χ0n) is 14.0. The highest BCUT2D eigenvalue weighted by atomic mass is 16.5. The normalized spacial score (nSPS) is 23.2. The summed E-state index contributed by atoms with van der Waals surface area (Å²) in [4.78, 5) is 12.7. The van der Waals surface area contributed by atoms with Gasteiger partial charge in [-0.2, -0.15) is 0 Å². The molecule has 2 aromatic rings. The number of carbonyl (C=O) groups excluding carboxylic acids is 1. The lowest BCUT2D eigenvalue weighted by molar-refractivity contribution is -0.120. The summed E-state index contributed by atoms with van der Waals surface area (Å²) in [5, 5.41) is 14.1. The van der Waals surface area contributed by atoms with Gasteiger partial charge in [-0.3, -0.25) is 4.79 Å². The van der Waals surface area contributed by atoms with Gasteiger partial charge in [-0.1, -0.05) is 48.5 Å². The predicted molar refractivity (Wildman–Crippen MR) is 93.4 cm³/mol. The van der Waals surface area contributed by atoms with Crippen LogP contribution in [0.3, 0.4) is 0 Å². The number of hydrogen-bond donors (Lipinski definition) is 1. The van der Waals surface area contributed by atoms with Crippen molar-refractivity contribution in [1.29, 1.82) is 0 Å². The molecule has 0 bridgehead atoms. The highest BCUT2D eigenvalue weighted by Gasteiger charge is 2.42. The van der Waals surface area contributed by atoms with E-state index in [0.717, 1.165) is 24.9 Å². The quantitative estimate of drug-likeness (QED) is 0.911. The van der Waals surface area contributed by atoms with Crippen molar-refractivity contribution in [2.75, 3.05) is 13.2 Å². The molecule has 0 spiro atoms. The largest absolute Gasteiger partial charge is 0.375 e. The van der Waals surface area contributed by atoms with E-state index >= 15 is 0 Å². The van der Waals surface area contributed by atoms with Crippen molar-refractivity contribution >= 4 is 5.91 Å². The van der Waals surface area contributed by atoms with E-state index in [9.17, 15) is 9.90 Å². The molecule has 2 heterocycles. The van der Waals surface area contributed by atoms with Gasteiger partial charge in [0.1, 0.15) is 0 Å². The van der Waals surface area contributed by atoms with Crippen molar-refractivity contribution in [3.05, 3.63) is 71.3 Å². The molecule has 5 nitrogen and oxygen atoms in total. The third-order valence-electron chi connectivity index (χ3n) is 4.95. The Kier molecular flexibility index (Phi) is 4.53. The molecule has 0 saturated carbocycles. The van der Waals surface area contributed by atoms with Gasteiger partial charge in [0.2, 0.25) is 0 Å². The van der Waals surface area contributed by atoms with E-state index in [-0.39, 0.29) is 11.9 Å². The number of nitrogens with zero attached hydrogens (tertiary/aromatic N) is 2. The maximum atomic E-state index is 12.7. The molecule has 2 aromatic carbocycles. The Morgan fingerprint density at radius 3 is 2.64 bits per heavy atom. The van der Waals surface area contributed by atoms with Gasteiger partial charge in [0, 0.05) is 17.7 Å². The summed E-state index contributed by atoms with van der Waals surface area (Å²) in [7, 11) is 0. The van der Waals surface area contributed by atoms with Crippen molar-refractivity contribution in [3.8, 4) is 0 Å². The maximum absolute atomic E-state index is 12.7. The van der Waals surface area contributed by atoms with E-state index in [1.807, 2.05) is 53.5 Å². The zero-order chi connectivity index (χ0) is 17.2. The molecule has 1 unspecified atom stereocenters. The fourth-order valence-electron chi connectivity index (χ4n) is 3.70. The molecule has 1 fully saturated rings. The Balaban J connectivity index is 1.43. The van der Waals surface area contributed by atoms with Crippen LogP contribution < -0.4 is 0 Å². The molecule has 1 amide bonds. The number of aliphatic hydroxyl groups excluding tert-OH is 1. The van der Waals surface area contributed by atoms with E-state index in [1.54, 1.807) is 6.07 Å².